The van der Waals surface area contributed by atoms with Crippen LogP contribution in [0.4, 0.5) is 11.8 Å². The van der Waals surface area contributed by atoms with Gasteiger partial charge in [-0.25, -0.2) is 0 Å². The fraction of sp³-hybridized carbons (Fsp3) is 0.286. The van der Waals surface area contributed by atoms with Gasteiger partial charge in [0, 0.05) is 32.5 Å². The molecule has 0 aliphatic carbocycles. The molecule has 2 heterocycles. The first kappa shape index (κ1) is 13.9. The van der Waals surface area contributed by atoms with Crippen LogP contribution in [0.5, 0.6) is 0 Å². The van der Waals surface area contributed by atoms with Gasteiger partial charge in [-0.2, -0.15) is 10.1 Å². The zero-order chi connectivity index (χ0) is 14.2. The van der Waals surface area contributed by atoms with Crippen molar-refractivity contribution in [3.63, 3.8) is 0 Å². The van der Waals surface area contributed by atoms with Crippen molar-refractivity contribution >= 4 is 11.8 Å². The summed E-state index contributed by atoms with van der Waals surface area (Å²) in [5, 5.41) is 11.1. The number of hydrogen-bond acceptors (Lipinski definition) is 6. The molecule has 0 spiro atoms. The molecule has 0 radical (unpaired) electrons. The van der Waals surface area contributed by atoms with Crippen LogP contribution in [0.2, 0.25) is 0 Å². The molecule has 0 amide bonds. The van der Waals surface area contributed by atoms with Crippen LogP contribution < -0.4 is 10.2 Å². The summed E-state index contributed by atoms with van der Waals surface area (Å²) in [7, 11) is 1.95. The van der Waals surface area contributed by atoms with Gasteiger partial charge in [0.1, 0.15) is 0 Å². The zero-order valence-corrected chi connectivity index (χ0v) is 11.5. The average molecular weight is 270 g/mol. The lowest BCUT2D eigenvalue weighted by Crippen LogP contribution is -2.23. The number of pyridine rings is 1. The Morgan fingerprint density at radius 2 is 2.15 bits per heavy atom. The van der Waals surface area contributed by atoms with Crippen molar-refractivity contribution in [2.45, 2.75) is 6.42 Å². The van der Waals surface area contributed by atoms with Gasteiger partial charge in [0.15, 0.2) is 5.82 Å². The van der Waals surface area contributed by atoms with Gasteiger partial charge in [-0.1, -0.05) is 6.08 Å². The fourth-order valence-electron chi connectivity index (χ4n) is 1.66. The maximum absolute atomic E-state index is 4.40. The van der Waals surface area contributed by atoms with Crippen LogP contribution in [0.1, 0.15) is 5.56 Å². The van der Waals surface area contributed by atoms with E-state index in [9.17, 15) is 0 Å². The van der Waals surface area contributed by atoms with Gasteiger partial charge in [-0.3, -0.25) is 4.98 Å². The molecule has 0 saturated carbocycles. The number of rotatable bonds is 7. The van der Waals surface area contributed by atoms with E-state index in [1.54, 1.807) is 24.7 Å². The van der Waals surface area contributed by atoms with Gasteiger partial charge in [0.05, 0.1) is 6.20 Å². The third-order valence-electron chi connectivity index (χ3n) is 2.80. The normalized spacial score (nSPS) is 10.1. The Kier molecular flexibility index (Phi) is 5.00. The Morgan fingerprint density at radius 1 is 1.35 bits per heavy atom. The summed E-state index contributed by atoms with van der Waals surface area (Å²) in [4.78, 5) is 10.4. The second kappa shape index (κ2) is 7.18. The summed E-state index contributed by atoms with van der Waals surface area (Å²) < 4.78 is 0. The van der Waals surface area contributed by atoms with Crippen LogP contribution in [0.15, 0.2) is 43.4 Å². The Balaban J connectivity index is 1.94. The monoisotopic (exact) mass is 270 g/mol. The minimum Gasteiger partial charge on any atom is -0.365 e. The maximum atomic E-state index is 4.40. The van der Waals surface area contributed by atoms with E-state index in [2.05, 4.69) is 32.1 Å². The predicted octanol–water partition coefficient (Wildman–Crippen LogP) is 1.54. The summed E-state index contributed by atoms with van der Waals surface area (Å²) in [5.41, 5.74) is 1.24. The van der Waals surface area contributed by atoms with E-state index >= 15 is 0 Å². The molecule has 0 unspecified atom stereocenters. The number of hydrogen-bond donors (Lipinski definition) is 1. The van der Waals surface area contributed by atoms with Crippen LogP contribution in [0.25, 0.3) is 0 Å². The zero-order valence-electron chi connectivity index (χ0n) is 11.5. The van der Waals surface area contributed by atoms with Gasteiger partial charge < -0.3 is 10.2 Å². The standard InChI is InChI=1S/C14H18N6/c1-3-7-16-13-11-17-19-14(18-13)20(2)10-6-12-4-8-15-9-5-12/h3-5,8-9,11H,1,6-7,10H2,2H3,(H,16,18,19). The van der Waals surface area contributed by atoms with Crippen molar-refractivity contribution in [3.8, 4) is 0 Å². The molecule has 0 bridgehead atoms. The van der Waals surface area contributed by atoms with E-state index in [0.29, 0.717) is 18.3 Å². The fourth-order valence-corrected chi connectivity index (χ4v) is 1.66. The number of aromatic nitrogens is 4. The predicted molar refractivity (Wildman–Crippen MR) is 79.7 cm³/mol. The second-order valence-electron chi connectivity index (χ2n) is 4.34. The summed E-state index contributed by atoms with van der Waals surface area (Å²) in [5.74, 6) is 1.30. The third kappa shape index (κ3) is 4.01. The Hall–Kier alpha value is -2.50. The minimum atomic E-state index is 0.605. The van der Waals surface area contributed by atoms with Crippen molar-refractivity contribution < 1.29 is 0 Å². The number of nitrogens with one attached hydrogen (secondary N) is 1. The van der Waals surface area contributed by atoms with Crippen LogP contribution >= 0.6 is 0 Å². The largest absolute Gasteiger partial charge is 0.365 e. The molecule has 2 aromatic heterocycles. The van der Waals surface area contributed by atoms with E-state index in [-0.39, 0.29) is 0 Å². The quantitative estimate of drug-likeness (QED) is 0.770. The van der Waals surface area contributed by atoms with Gasteiger partial charge in [0.2, 0.25) is 5.95 Å². The van der Waals surface area contributed by atoms with E-state index in [1.807, 2.05) is 24.1 Å². The molecule has 0 aliphatic rings. The molecular weight excluding hydrogens is 252 g/mol. The molecule has 104 valence electrons. The number of nitrogens with zero attached hydrogens (tertiary/aromatic N) is 5. The lowest BCUT2D eigenvalue weighted by molar-refractivity contribution is 0.811. The number of likely N-dealkylation sites (N-methyl/N-ethyl adjacent to an activating group) is 1. The third-order valence-corrected chi connectivity index (χ3v) is 2.80. The molecule has 6 nitrogen and oxygen atoms in total. The molecular formula is C14H18N6. The van der Waals surface area contributed by atoms with Crippen molar-refractivity contribution in [1.82, 2.24) is 20.2 Å². The minimum absolute atomic E-state index is 0.605. The van der Waals surface area contributed by atoms with E-state index in [1.165, 1.54) is 5.56 Å². The van der Waals surface area contributed by atoms with Crippen LogP contribution in [0, 0.1) is 0 Å². The van der Waals surface area contributed by atoms with E-state index in [4.69, 9.17) is 0 Å². The molecule has 2 rings (SSSR count). The van der Waals surface area contributed by atoms with Crippen molar-refractivity contribution in [1.29, 1.82) is 0 Å². The SMILES string of the molecule is C=CCNc1cnnc(N(C)CCc2ccncc2)n1. The highest BCUT2D eigenvalue weighted by molar-refractivity contribution is 5.38. The molecule has 1 N–H and O–H groups in total. The van der Waals surface area contributed by atoms with Crippen LogP contribution in [-0.4, -0.2) is 40.3 Å². The second-order valence-corrected chi connectivity index (χ2v) is 4.34. The summed E-state index contributed by atoms with van der Waals surface area (Å²) in [6.45, 7) is 5.12. The van der Waals surface area contributed by atoms with E-state index < -0.39 is 0 Å². The highest BCUT2D eigenvalue weighted by Crippen LogP contribution is 2.08. The first-order valence-corrected chi connectivity index (χ1v) is 6.44. The molecule has 0 saturated heterocycles. The average Bonchev–Trinajstić information content (AvgIpc) is 2.52. The molecule has 6 heteroatoms. The first-order chi connectivity index (χ1) is 9.79. The van der Waals surface area contributed by atoms with E-state index in [0.717, 1.165) is 13.0 Å². The summed E-state index contributed by atoms with van der Waals surface area (Å²) in [6, 6.07) is 4.02. The van der Waals surface area contributed by atoms with Gasteiger partial charge in [0.25, 0.3) is 0 Å². The highest BCUT2D eigenvalue weighted by Gasteiger charge is 2.06. The lowest BCUT2D eigenvalue weighted by Gasteiger charge is -2.16. The van der Waals surface area contributed by atoms with Gasteiger partial charge in [-0.15, -0.1) is 11.7 Å². The highest BCUT2D eigenvalue weighted by atomic mass is 15.3. The molecule has 0 atom stereocenters. The van der Waals surface area contributed by atoms with Crippen LogP contribution in [0.3, 0.4) is 0 Å². The first-order valence-electron chi connectivity index (χ1n) is 6.44. The van der Waals surface area contributed by atoms with Gasteiger partial charge in [-0.05, 0) is 24.1 Å². The smallest absolute Gasteiger partial charge is 0.247 e. The Labute approximate surface area is 118 Å². The van der Waals surface area contributed by atoms with Crippen LogP contribution in [-0.2, 0) is 6.42 Å². The Morgan fingerprint density at radius 3 is 2.90 bits per heavy atom. The van der Waals surface area contributed by atoms with Crippen molar-refractivity contribution in [2.75, 3.05) is 30.4 Å². The molecule has 20 heavy (non-hydrogen) atoms. The summed E-state index contributed by atoms with van der Waals surface area (Å²) >= 11 is 0. The van der Waals surface area contributed by atoms with Gasteiger partial charge >= 0.3 is 0 Å². The topological polar surface area (TPSA) is 66.8 Å². The van der Waals surface area contributed by atoms with Crippen molar-refractivity contribution in [2.24, 2.45) is 0 Å². The molecule has 0 aliphatic heterocycles. The summed E-state index contributed by atoms with van der Waals surface area (Å²) in [6.07, 6.45) is 7.88. The Bertz CT molecular complexity index is 542. The maximum Gasteiger partial charge on any atom is 0.247 e. The van der Waals surface area contributed by atoms with Crippen molar-refractivity contribution in [3.05, 3.63) is 48.9 Å². The lowest BCUT2D eigenvalue weighted by atomic mass is 10.2. The molecule has 2 aromatic rings. The number of anilines is 2. The molecule has 0 aromatic carbocycles. The molecule has 0 fully saturated rings.